The minimum absolute atomic E-state index is 0.274. The second-order valence-electron chi connectivity index (χ2n) is 4.21. The number of benzene rings is 1. The SMILES string of the molecule is COc1ccc(NC2=NCCN2CCN[N+](=O)[O-])cc1. The van der Waals surface area contributed by atoms with E-state index in [1.54, 1.807) is 7.11 Å². The van der Waals surface area contributed by atoms with Gasteiger partial charge in [0, 0.05) is 18.8 Å². The van der Waals surface area contributed by atoms with Crippen molar-refractivity contribution in [3.05, 3.63) is 34.4 Å². The smallest absolute Gasteiger partial charge is 0.198 e. The van der Waals surface area contributed by atoms with Gasteiger partial charge in [-0.25, -0.2) is 10.1 Å². The van der Waals surface area contributed by atoms with E-state index in [0.717, 1.165) is 23.9 Å². The van der Waals surface area contributed by atoms with Crippen LogP contribution in [0.15, 0.2) is 29.3 Å². The van der Waals surface area contributed by atoms with E-state index in [0.29, 0.717) is 13.1 Å². The molecule has 0 saturated carbocycles. The number of aliphatic imine (C=N–C) groups is 1. The Labute approximate surface area is 116 Å². The van der Waals surface area contributed by atoms with Crippen molar-refractivity contribution in [2.24, 2.45) is 4.99 Å². The number of hydrogen-bond donors (Lipinski definition) is 2. The summed E-state index contributed by atoms with van der Waals surface area (Å²) in [6.45, 7) is 2.26. The third-order valence-electron chi connectivity index (χ3n) is 2.90. The number of methoxy groups -OCH3 is 1. The summed E-state index contributed by atoms with van der Waals surface area (Å²) in [5.41, 5.74) is 3.05. The molecule has 0 aromatic heterocycles. The Morgan fingerprint density at radius 2 is 2.20 bits per heavy atom. The molecule has 108 valence electrons. The van der Waals surface area contributed by atoms with Crippen molar-refractivity contribution in [1.82, 2.24) is 10.3 Å². The van der Waals surface area contributed by atoms with Crippen LogP contribution in [-0.2, 0) is 0 Å². The minimum atomic E-state index is -0.538. The largest absolute Gasteiger partial charge is 0.497 e. The van der Waals surface area contributed by atoms with Crippen LogP contribution in [0.1, 0.15) is 0 Å². The van der Waals surface area contributed by atoms with Crippen LogP contribution < -0.4 is 15.5 Å². The average molecular weight is 279 g/mol. The lowest BCUT2D eigenvalue weighted by atomic mass is 10.3. The lowest BCUT2D eigenvalue weighted by Gasteiger charge is -2.20. The van der Waals surface area contributed by atoms with Crippen molar-refractivity contribution in [1.29, 1.82) is 0 Å². The summed E-state index contributed by atoms with van der Waals surface area (Å²) < 4.78 is 5.10. The molecule has 1 aliphatic rings. The van der Waals surface area contributed by atoms with Crippen LogP contribution in [0.5, 0.6) is 5.75 Å². The molecule has 0 amide bonds. The first kappa shape index (κ1) is 13.9. The zero-order valence-corrected chi connectivity index (χ0v) is 11.2. The Bertz CT molecular complexity index is 488. The highest BCUT2D eigenvalue weighted by Crippen LogP contribution is 2.16. The number of guanidine groups is 1. The van der Waals surface area contributed by atoms with E-state index in [9.17, 15) is 10.1 Å². The van der Waals surface area contributed by atoms with E-state index in [1.165, 1.54) is 0 Å². The second-order valence-corrected chi connectivity index (χ2v) is 4.21. The molecule has 2 N–H and O–H groups in total. The summed E-state index contributed by atoms with van der Waals surface area (Å²) in [6.07, 6.45) is 0. The number of hydrogen-bond acceptors (Lipinski definition) is 6. The molecule has 0 radical (unpaired) electrons. The summed E-state index contributed by atoms with van der Waals surface area (Å²) >= 11 is 0. The van der Waals surface area contributed by atoms with E-state index < -0.39 is 5.03 Å². The number of ether oxygens (including phenoxy) is 1. The number of nitro groups is 1. The van der Waals surface area contributed by atoms with E-state index in [1.807, 2.05) is 29.2 Å². The van der Waals surface area contributed by atoms with E-state index >= 15 is 0 Å². The first-order valence-electron chi connectivity index (χ1n) is 6.27. The Kier molecular flexibility index (Phi) is 4.59. The lowest BCUT2D eigenvalue weighted by molar-refractivity contribution is -0.544. The van der Waals surface area contributed by atoms with Crippen LogP contribution in [0.3, 0.4) is 0 Å². The maximum absolute atomic E-state index is 10.2. The summed E-state index contributed by atoms with van der Waals surface area (Å²) in [4.78, 5) is 16.6. The standard InChI is InChI=1S/C12H17N5O3/c1-20-11-4-2-10(3-5-11)15-12-13-6-8-16(12)9-7-14-17(18)19/h2-5,14H,6-9H2,1H3,(H,13,15). The van der Waals surface area contributed by atoms with Gasteiger partial charge in [0.2, 0.25) is 0 Å². The van der Waals surface area contributed by atoms with Crippen LogP contribution in [0.25, 0.3) is 0 Å². The highest BCUT2D eigenvalue weighted by atomic mass is 16.7. The molecule has 0 unspecified atom stereocenters. The van der Waals surface area contributed by atoms with Crippen molar-refractivity contribution in [2.75, 3.05) is 38.6 Å². The van der Waals surface area contributed by atoms with Gasteiger partial charge in [-0.15, -0.1) is 5.43 Å². The number of rotatable bonds is 6. The van der Waals surface area contributed by atoms with Crippen molar-refractivity contribution >= 4 is 11.6 Å². The molecule has 20 heavy (non-hydrogen) atoms. The molecule has 0 aliphatic carbocycles. The van der Waals surface area contributed by atoms with Crippen LogP contribution in [0.2, 0.25) is 0 Å². The molecule has 0 fully saturated rings. The fourth-order valence-electron chi connectivity index (χ4n) is 1.90. The first-order chi connectivity index (χ1) is 9.69. The van der Waals surface area contributed by atoms with Gasteiger partial charge < -0.3 is 15.0 Å². The van der Waals surface area contributed by atoms with Crippen LogP contribution in [0.4, 0.5) is 5.69 Å². The number of anilines is 1. The topological polar surface area (TPSA) is 92.0 Å². The Balaban J connectivity index is 1.88. The van der Waals surface area contributed by atoms with Crippen molar-refractivity contribution in [3.63, 3.8) is 0 Å². The highest BCUT2D eigenvalue weighted by Gasteiger charge is 2.17. The van der Waals surface area contributed by atoms with Crippen LogP contribution in [-0.4, -0.2) is 49.2 Å². The molecule has 1 aromatic carbocycles. The third-order valence-corrected chi connectivity index (χ3v) is 2.90. The van der Waals surface area contributed by atoms with Gasteiger partial charge in [0.05, 0.1) is 20.2 Å². The number of nitrogens with zero attached hydrogens (tertiary/aromatic N) is 3. The van der Waals surface area contributed by atoms with Crippen LogP contribution >= 0.6 is 0 Å². The highest BCUT2D eigenvalue weighted by molar-refractivity contribution is 5.94. The van der Waals surface area contributed by atoms with Gasteiger partial charge in [0.1, 0.15) is 5.75 Å². The molecule has 0 saturated heterocycles. The summed E-state index contributed by atoms with van der Waals surface area (Å²) in [7, 11) is 1.62. The summed E-state index contributed by atoms with van der Waals surface area (Å²) in [5, 5.41) is 12.9. The fourth-order valence-corrected chi connectivity index (χ4v) is 1.90. The summed E-state index contributed by atoms with van der Waals surface area (Å²) in [5.74, 6) is 1.52. The monoisotopic (exact) mass is 279 g/mol. The van der Waals surface area contributed by atoms with E-state index in [2.05, 4.69) is 15.7 Å². The Morgan fingerprint density at radius 1 is 1.45 bits per heavy atom. The maximum atomic E-state index is 10.2. The van der Waals surface area contributed by atoms with Gasteiger partial charge in [0.15, 0.2) is 11.0 Å². The zero-order valence-electron chi connectivity index (χ0n) is 11.2. The maximum Gasteiger partial charge on any atom is 0.198 e. The predicted octanol–water partition coefficient (Wildman–Crippen LogP) is 0.560. The molecule has 1 aromatic rings. The zero-order chi connectivity index (χ0) is 14.4. The van der Waals surface area contributed by atoms with Crippen molar-refractivity contribution in [2.45, 2.75) is 0 Å². The van der Waals surface area contributed by atoms with Gasteiger partial charge in [-0.1, -0.05) is 0 Å². The molecule has 0 bridgehead atoms. The van der Waals surface area contributed by atoms with Gasteiger partial charge in [-0.05, 0) is 24.3 Å². The molecule has 1 heterocycles. The van der Waals surface area contributed by atoms with Crippen molar-refractivity contribution in [3.8, 4) is 5.75 Å². The normalized spacial score (nSPS) is 13.8. The number of nitrogens with one attached hydrogen (secondary N) is 2. The molecule has 8 heteroatoms. The molecule has 1 aliphatic heterocycles. The second kappa shape index (κ2) is 6.60. The third kappa shape index (κ3) is 3.74. The molecular formula is C12H17N5O3. The van der Waals surface area contributed by atoms with Gasteiger partial charge in [-0.2, -0.15) is 0 Å². The quantitative estimate of drug-likeness (QED) is 0.584. The Morgan fingerprint density at radius 3 is 2.85 bits per heavy atom. The first-order valence-corrected chi connectivity index (χ1v) is 6.27. The Hall–Kier alpha value is -2.51. The van der Waals surface area contributed by atoms with E-state index in [4.69, 9.17) is 4.74 Å². The predicted molar refractivity (Wildman–Crippen MR) is 75.5 cm³/mol. The minimum Gasteiger partial charge on any atom is -0.497 e. The summed E-state index contributed by atoms with van der Waals surface area (Å²) in [6, 6.07) is 7.51. The molecule has 0 atom stereocenters. The van der Waals surface area contributed by atoms with Crippen LogP contribution in [0, 0.1) is 10.1 Å². The lowest BCUT2D eigenvalue weighted by Crippen LogP contribution is -2.39. The van der Waals surface area contributed by atoms with Gasteiger partial charge in [0.25, 0.3) is 0 Å². The molecule has 2 rings (SSSR count). The number of hydrazine groups is 1. The van der Waals surface area contributed by atoms with Crippen molar-refractivity contribution < 1.29 is 9.77 Å². The molecule has 8 nitrogen and oxygen atoms in total. The molecule has 0 spiro atoms. The van der Waals surface area contributed by atoms with Gasteiger partial charge in [-0.3, -0.25) is 4.99 Å². The molecular weight excluding hydrogens is 262 g/mol. The average Bonchev–Trinajstić information content (AvgIpc) is 2.87. The van der Waals surface area contributed by atoms with E-state index in [-0.39, 0.29) is 6.54 Å². The fraction of sp³-hybridized carbons (Fsp3) is 0.417. The van der Waals surface area contributed by atoms with Gasteiger partial charge >= 0.3 is 0 Å².